The summed E-state index contributed by atoms with van der Waals surface area (Å²) < 4.78 is 45.3. The molecule has 0 aromatic carbocycles. The second-order valence-corrected chi connectivity index (χ2v) is 5.65. The van der Waals surface area contributed by atoms with Gasteiger partial charge in [-0.15, -0.1) is 0 Å². The third kappa shape index (κ3) is 16.7. The molecule has 10 heteroatoms. The molecular weight excluding hydrogens is 332 g/mol. The average molecular weight is 354 g/mol. The highest BCUT2D eigenvalue weighted by molar-refractivity contribution is 7.85. The minimum Gasteiger partial charge on any atom is -0.463 e. The van der Waals surface area contributed by atoms with E-state index in [2.05, 4.69) is 8.92 Å². The van der Waals surface area contributed by atoms with Gasteiger partial charge in [-0.1, -0.05) is 0 Å². The van der Waals surface area contributed by atoms with Gasteiger partial charge in [-0.3, -0.25) is 4.18 Å². The SMILES string of the molecule is CCOC(=O)/C=C/C(=O)OCCOCCOCCOS(C)(=O)=O. The fourth-order valence-electron chi connectivity index (χ4n) is 1.14. The predicted molar refractivity (Wildman–Crippen MR) is 79.2 cm³/mol. The van der Waals surface area contributed by atoms with Crippen molar-refractivity contribution in [3.63, 3.8) is 0 Å². The molecule has 0 heterocycles. The number of hydrogen-bond acceptors (Lipinski definition) is 9. The zero-order valence-corrected chi connectivity index (χ0v) is 14.0. The lowest BCUT2D eigenvalue weighted by Gasteiger charge is -2.06. The standard InChI is InChI=1S/C13H22O9S/c1-3-20-12(14)4-5-13(15)21-10-8-18-6-7-19-9-11-22-23(2,16)17/h4-5H,3,6-11H2,1-2H3/b5-4+. The first-order valence-electron chi connectivity index (χ1n) is 6.86. The molecule has 0 unspecified atom stereocenters. The monoisotopic (exact) mass is 354 g/mol. The highest BCUT2D eigenvalue weighted by Gasteiger charge is 2.01. The fourth-order valence-corrected chi connectivity index (χ4v) is 1.51. The molecule has 0 N–H and O–H groups in total. The molecule has 134 valence electrons. The number of rotatable bonds is 13. The van der Waals surface area contributed by atoms with Crippen molar-refractivity contribution in [2.45, 2.75) is 6.92 Å². The zero-order valence-electron chi connectivity index (χ0n) is 13.2. The van der Waals surface area contributed by atoms with E-state index in [0.717, 1.165) is 18.4 Å². The lowest BCUT2D eigenvalue weighted by molar-refractivity contribution is -0.141. The van der Waals surface area contributed by atoms with Crippen LogP contribution in [0.3, 0.4) is 0 Å². The molecule has 0 bridgehead atoms. The number of hydrogen-bond donors (Lipinski definition) is 0. The number of esters is 2. The fraction of sp³-hybridized carbons (Fsp3) is 0.692. The lowest BCUT2D eigenvalue weighted by Crippen LogP contribution is -2.14. The van der Waals surface area contributed by atoms with Gasteiger partial charge in [0, 0.05) is 12.2 Å². The van der Waals surface area contributed by atoms with E-state index < -0.39 is 22.1 Å². The van der Waals surface area contributed by atoms with E-state index in [1.165, 1.54) is 0 Å². The Bertz CT molecular complexity index is 470. The van der Waals surface area contributed by atoms with Crippen LogP contribution in [0.1, 0.15) is 6.92 Å². The van der Waals surface area contributed by atoms with Crippen molar-refractivity contribution in [1.82, 2.24) is 0 Å². The lowest BCUT2D eigenvalue weighted by atomic mass is 10.5. The van der Waals surface area contributed by atoms with Gasteiger partial charge in [-0.05, 0) is 6.92 Å². The summed E-state index contributed by atoms with van der Waals surface area (Å²) in [6, 6.07) is 0. The summed E-state index contributed by atoms with van der Waals surface area (Å²) in [5.41, 5.74) is 0. The molecule has 0 rings (SSSR count). The molecule has 0 atom stereocenters. The Morgan fingerprint density at radius 3 is 1.83 bits per heavy atom. The maximum absolute atomic E-state index is 11.2. The van der Waals surface area contributed by atoms with Crippen LogP contribution in [0.2, 0.25) is 0 Å². The van der Waals surface area contributed by atoms with Crippen LogP contribution in [0.15, 0.2) is 12.2 Å². The molecule has 0 spiro atoms. The second kappa shape index (κ2) is 13.0. The molecule has 0 aliphatic heterocycles. The van der Waals surface area contributed by atoms with Gasteiger partial charge in [-0.2, -0.15) is 8.42 Å². The van der Waals surface area contributed by atoms with E-state index in [0.29, 0.717) is 0 Å². The normalized spacial score (nSPS) is 11.6. The summed E-state index contributed by atoms with van der Waals surface area (Å²) in [6.07, 6.45) is 2.92. The van der Waals surface area contributed by atoms with Crippen LogP contribution in [0.4, 0.5) is 0 Å². The Labute approximate surface area is 135 Å². The summed E-state index contributed by atoms with van der Waals surface area (Å²) in [6.45, 7) is 2.68. The second-order valence-electron chi connectivity index (χ2n) is 4.00. The third-order valence-corrected chi connectivity index (χ3v) is 2.61. The molecular formula is C13H22O9S. The highest BCUT2D eigenvalue weighted by atomic mass is 32.2. The van der Waals surface area contributed by atoms with Crippen LogP contribution >= 0.6 is 0 Å². The van der Waals surface area contributed by atoms with Crippen molar-refractivity contribution in [3.8, 4) is 0 Å². The van der Waals surface area contributed by atoms with E-state index in [-0.39, 0.29) is 46.2 Å². The Hall–Kier alpha value is -1.49. The smallest absolute Gasteiger partial charge is 0.331 e. The van der Waals surface area contributed by atoms with E-state index >= 15 is 0 Å². The number of ether oxygens (including phenoxy) is 4. The summed E-state index contributed by atoms with van der Waals surface area (Å²) in [4.78, 5) is 22.1. The van der Waals surface area contributed by atoms with Gasteiger partial charge in [0.2, 0.25) is 0 Å². The van der Waals surface area contributed by atoms with E-state index in [9.17, 15) is 18.0 Å². The summed E-state index contributed by atoms with van der Waals surface area (Å²) in [7, 11) is -3.44. The van der Waals surface area contributed by atoms with Crippen LogP contribution in [-0.4, -0.2) is 72.9 Å². The first kappa shape index (κ1) is 21.5. The van der Waals surface area contributed by atoms with Crippen molar-refractivity contribution < 1.29 is 41.1 Å². The van der Waals surface area contributed by atoms with Crippen molar-refractivity contribution in [1.29, 1.82) is 0 Å². The maximum Gasteiger partial charge on any atom is 0.331 e. The van der Waals surface area contributed by atoms with Crippen LogP contribution < -0.4 is 0 Å². The minimum atomic E-state index is -3.44. The third-order valence-electron chi connectivity index (χ3n) is 2.01. The van der Waals surface area contributed by atoms with Gasteiger partial charge < -0.3 is 18.9 Å². The molecule has 0 radical (unpaired) electrons. The van der Waals surface area contributed by atoms with Gasteiger partial charge in [0.25, 0.3) is 10.1 Å². The summed E-state index contributed by atoms with van der Waals surface area (Å²) >= 11 is 0. The number of carbonyl (C=O) groups is 2. The molecule has 0 aromatic rings. The first-order valence-corrected chi connectivity index (χ1v) is 8.68. The Balaban J connectivity index is 3.42. The van der Waals surface area contributed by atoms with Crippen molar-refractivity contribution in [2.75, 3.05) is 52.5 Å². The van der Waals surface area contributed by atoms with Crippen molar-refractivity contribution in [2.24, 2.45) is 0 Å². The highest BCUT2D eigenvalue weighted by Crippen LogP contribution is 1.88. The van der Waals surface area contributed by atoms with Gasteiger partial charge in [0.15, 0.2) is 0 Å². The molecule has 0 saturated heterocycles. The van der Waals surface area contributed by atoms with E-state index in [1.807, 2.05) is 0 Å². The van der Waals surface area contributed by atoms with Crippen molar-refractivity contribution in [3.05, 3.63) is 12.2 Å². The summed E-state index contributed by atoms with van der Waals surface area (Å²) in [5, 5.41) is 0. The number of carbonyl (C=O) groups excluding carboxylic acids is 2. The van der Waals surface area contributed by atoms with Crippen LogP contribution in [-0.2, 0) is 42.8 Å². The Kier molecular flexibility index (Phi) is 12.2. The molecule has 9 nitrogen and oxygen atoms in total. The molecule has 23 heavy (non-hydrogen) atoms. The first-order chi connectivity index (χ1) is 10.8. The van der Waals surface area contributed by atoms with Gasteiger partial charge in [-0.25, -0.2) is 9.59 Å². The maximum atomic E-state index is 11.2. The Morgan fingerprint density at radius 2 is 1.30 bits per heavy atom. The van der Waals surface area contributed by atoms with Gasteiger partial charge in [0.1, 0.15) is 6.61 Å². The zero-order chi connectivity index (χ0) is 17.6. The topological polar surface area (TPSA) is 114 Å². The average Bonchev–Trinajstić information content (AvgIpc) is 2.46. The van der Waals surface area contributed by atoms with Crippen molar-refractivity contribution >= 4 is 22.1 Å². The molecule has 0 aromatic heterocycles. The van der Waals surface area contributed by atoms with Gasteiger partial charge >= 0.3 is 11.9 Å². The largest absolute Gasteiger partial charge is 0.463 e. The molecule has 0 fully saturated rings. The summed E-state index contributed by atoms with van der Waals surface area (Å²) in [5.74, 6) is -1.28. The molecule has 0 aliphatic rings. The van der Waals surface area contributed by atoms with E-state index in [1.54, 1.807) is 6.92 Å². The van der Waals surface area contributed by atoms with Crippen LogP contribution in [0.25, 0.3) is 0 Å². The molecule has 0 amide bonds. The molecule has 0 aliphatic carbocycles. The van der Waals surface area contributed by atoms with Crippen LogP contribution in [0.5, 0.6) is 0 Å². The molecule has 0 saturated carbocycles. The van der Waals surface area contributed by atoms with Crippen LogP contribution in [0, 0.1) is 0 Å². The minimum absolute atomic E-state index is 0.0309. The quantitative estimate of drug-likeness (QED) is 0.189. The van der Waals surface area contributed by atoms with E-state index in [4.69, 9.17) is 14.2 Å². The van der Waals surface area contributed by atoms with Gasteiger partial charge in [0.05, 0.1) is 45.9 Å². The Morgan fingerprint density at radius 1 is 0.826 bits per heavy atom. The predicted octanol–water partition coefficient (Wildman–Crippen LogP) is -0.342.